The number of nitrogens with one attached hydrogen (secondary N) is 3. The molecule has 14 heteroatoms. The largest absolute Gasteiger partial charge is 0.480 e. The monoisotopic (exact) mass is 501 g/mol. The van der Waals surface area contributed by atoms with Crippen molar-refractivity contribution in [1.82, 2.24) is 16.0 Å². The Bertz CT molecular complexity index is 701. The number of rotatable bonds is 19. The van der Waals surface area contributed by atoms with Crippen LogP contribution in [0.5, 0.6) is 0 Å². The first-order valence-electron chi connectivity index (χ1n) is 11.9. The number of hydrogen-bond acceptors (Lipinski definition) is 8. The summed E-state index contributed by atoms with van der Waals surface area (Å²) < 4.78 is 0. The van der Waals surface area contributed by atoms with E-state index in [1.165, 1.54) is 6.92 Å². The van der Waals surface area contributed by atoms with E-state index in [0.717, 1.165) is 6.42 Å². The lowest BCUT2D eigenvalue weighted by Crippen LogP contribution is -2.56. The van der Waals surface area contributed by atoms with Gasteiger partial charge in [0.15, 0.2) is 5.96 Å². The molecule has 14 N–H and O–H groups in total. The van der Waals surface area contributed by atoms with E-state index < -0.39 is 47.9 Å². The van der Waals surface area contributed by atoms with E-state index in [-0.39, 0.29) is 25.3 Å². The third-order valence-electron chi connectivity index (χ3n) is 5.20. The van der Waals surface area contributed by atoms with Gasteiger partial charge in [-0.1, -0.05) is 6.42 Å². The number of amides is 3. The Morgan fingerprint density at radius 3 is 1.86 bits per heavy atom. The Hall–Kier alpha value is -2.97. The predicted octanol–water partition coefficient (Wildman–Crippen LogP) is -2.82. The van der Waals surface area contributed by atoms with Crippen LogP contribution in [0.1, 0.15) is 58.3 Å². The minimum absolute atomic E-state index is 0.111. The molecule has 0 unspecified atom stereocenters. The molecule has 0 aliphatic carbocycles. The van der Waals surface area contributed by atoms with Gasteiger partial charge in [0.25, 0.3) is 0 Å². The van der Waals surface area contributed by atoms with Crippen LogP contribution in [0.2, 0.25) is 0 Å². The predicted molar refractivity (Wildman–Crippen MR) is 133 cm³/mol. The average Bonchev–Trinajstić information content (AvgIpc) is 2.79. The molecule has 0 aromatic rings. The van der Waals surface area contributed by atoms with Gasteiger partial charge in [0.05, 0.1) is 6.04 Å². The third-order valence-corrected chi connectivity index (χ3v) is 5.20. The summed E-state index contributed by atoms with van der Waals surface area (Å²) in [5.41, 5.74) is 27.3. The molecule has 0 heterocycles. The SMILES string of the molecule is C[C@H](NC(=O)[C@@H](N)CCCCN)C(=O)N[C@@H](CCCN=C(N)N)C(=O)N[C@@H](CCCCN)C(=O)O. The zero-order valence-corrected chi connectivity index (χ0v) is 20.5. The third kappa shape index (κ3) is 14.8. The maximum atomic E-state index is 12.8. The molecule has 0 rings (SSSR count). The second-order valence-corrected chi connectivity index (χ2v) is 8.32. The van der Waals surface area contributed by atoms with Crippen molar-refractivity contribution in [2.24, 2.45) is 33.7 Å². The summed E-state index contributed by atoms with van der Waals surface area (Å²) in [7, 11) is 0. The molecule has 0 radical (unpaired) electrons. The highest BCUT2D eigenvalue weighted by molar-refractivity contribution is 5.93. The van der Waals surface area contributed by atoms with Crippen LogP contribution in [0.3, 0.4) is 0 Å². The van der Waals surface area contributed by atoms with Crippen molar-refractivity contribution >= 4 is 29.7 Å². The number of nitrogens with zero attached hydrogens (tertiary/aromatic N) is 1. The highest BCUT2D eigenvalue weighted by Gasteiger charge is 2.28. The topological polar surface area (TPSA) is 267 Å². The van der Waals surface area contributed by atoms with Gasteiger partial charge in [-0.05, 0) is 65.0 Å². The Labute approximate surface area is 206 Å². The van der Waals surface area contributed by atoms with E-state index >= 15 is 0 Å². The minimum Gasteiger partial charge on any atom is -0.480 e. The summed E-state index contributed by atoms with van der Waals surface area (Å²) in [6.07, 6.45) is 3.65. The van der Waals surface area contributed by atoms with Gasteiger partial charge in [-0.2, -0.15) is 0 Å². The van der Waals surface area contributed by atoms with Gasteiger partial charge >= 0.3 is 5.97 Å². The Balaban J connectivity index is 5.16. The minimum atomic E-state index is -1.19. The van der Waals surface area contributed by atoms with Crippen LogP contribution in [-0.2, 0) is 19.2 Å². The van der Waals surface area contributed by atoms with Crippen molar-refractivity contribution in [2.45, 2.75) is 82.5 Å². The number of carboxylic acids is 1. The van der Waals surface area contributed by atoms with Crippen molar-refractivity contribution in [1.29, 1.82) is 0 Å². The van der Waals surface area contributed by atoms with Gasteiger partial charge in [-0.25, -0.2) is 4.79 Å². The fraction of sp³-hybridized carbons (Fsp3) is 0.762. The van der Waals surface area contributed by atoms with E-state index in [9.17, 15) is 24.3 Å². The van der Waals surface area contributed by atoms with Crippen LogP contribution in [0.15, 0.2) is 4.99 Å². The lowest BCUT2D eigenvalue weighted by Gasteiger charge is -2.24. The number of carbonyl (C=O) groups is 4. The standard InChI is InChI=1S/C21H43N9O5/c1-13(28-18(32)14(24)7-2-4-10-22)17(31)29-15(9-6-12-27-21(25)26)19(33)30-16(20(34)35)8-3-5-11-23/h13-16H,2-12,22-24H2,1H3,(H,28,32)(H,29,31)(H,30,33)(H,34,35)(H4,25,26,27)/t13-,14-,15-,16-/m0/s1. The molecule has 0 fully saturated rings. The molecule has 0 bridgehead atoms. The van der Waals surface area contributed by atoms with Crippen molar-refractivity contribution in [3.63, 3.8) is 0 Å². The summed E-state index contributed by atoms with van der Waals surface area (Å²) in [6, 6.07) is -3.96. The summed E-state index contributed by atoms with van der Waals surface area (Å²) in [5, 5.41) is 17.0. The molecule has 4 atom stereocenters. The van der Waals surface area contributed by atoms with Crippen LogP contribution in [-0.4, -0.2) is 78.6 Å². The molecule has 0 saturated carbocycles. The second kappa shape index (κ2) is 18.4. The maximum Gasteiger partial charge on any atom is 0.326 e. The Morgan fingerprint density at radius 1 is 0.771 bits per heavy atom. The number of carboxylic acid groups (broad SMARTS) is 1. The van der Waals surface area contributed by atoms with Gasteiger partial charge in [-0.3, -0.25) is 19.4 Å². The van der Waals surface area contributed by atoms with Crippen molar-refractivity contribution < 1.29 is 24.3 Å². The van der Waals surface area contributed by atoms with Crippen molar-refractivity contribution in [2.75, 3.05) is 19.6 Å². The molecular formula is C21H43N9O5. The number of aliphatic imine (C=N–C) groups is 1. The van der Waals surface area contributed by atoms with Crippen LogP contribution in [0, 0.1) is 0 Å². The quantitative estimate of drug-likeness (QED) is 0.0497. The van der Waals surface area contributed by atoms with Crippen LogP contribution in [0.4, 0.5) is 0 Å². The average molecular weight is 502 g/mol. The number of guanidine groups is 1. The van der Waals surface area contributed by atoms with E-state index in [1.54, 1.807) is 0 Å². The molecular weight excluding hydrogens is 458 g/mol. The normalized spacial score (nSPS) is 14.2. The number of nitrogens with two attached hydrogens (primary N) is 5. The first-order valence-corrected chi connectivity index (χ1v) is 11.9. The van der Waals surface area contributed by atoms with Gasteiger partial charge in [0, 0.05) is 6.54 Å². The van der Waals surface area contributed by atoms with Crippen molar-refractivity contribution in [3.05, 3.63) is 0 Å². The zero-order chi connectivity index (χ0) is 26.8. The lowest BCUT2D eigenvalue weighted by molar-refractivity contribution is -0.142. The van der Waals surface area contributed by atoms with Crippen LogP contribution < -0.4 is 44.6 Å². The van der Waals surface area contributed by atoms with Gasteiger partial charge in [0.2, 0.25) is 17.7 Å². The van der Waals surface area contributed by atoms with E-state index in [4.69, 9.17) is 28.7 Å². The number of unbranched alkanes of at least 4 members (excludes halogenated alkanes) is 2. The Morgan fingerprint density at radius 2 is 1.31 bits per heavy atom. The maximum absolute atomic E-state index is 12.8. The van der Waals surface area contributed by atoms with Crippen LogP contribution >= 0.6 is 0 Å². The first-order chi connectivity index (χ1) is 16.5. The molecule has 202 valence electrons. The smallest absolute Gasteiger partial charge is 0.326 e. The number of carbonyl (C=O) groups excluding carboxylic acids is 3. The molecule has 35 heavy (non-hydrogen) atoms. The Kier molecular flexibility index (Phi) is 16.8. The fourth-order valence-electron chi connectivity index (χ4n) is 3.12. The molecule has 14 nitrogen and oxygen atoms in total. The molecule has 0 saturated heterocycles. The number of hydrogen-bond donors (Lipinski definition) is 9. The van der Waals surface area contributed by atoms with Gasteiger partial charge in [-0.15, -0.1) is 0 Å². The van der Waals surface area contributed by atoms with Crippen molar-refractivity contribution in [3.8, 4) is 0 Å². The lowest BCUT2D eigenvalue weighted by atomic mass is 10.1. The number of aliphatic carboxylic acids is 1. The molecule has 0 aromatic carbocycles. The molecule has 3 amide bonds. The summed E-state index contributed by atoms with van der Waals surface area (Å²) in [6.45, 7) is 2.57. The first kappa shape index (κ1) is 32.0. The summed E-state index contributed by atoms with van der Waals surface area (Å²) >= 11 is 0. The molecule has 0 aliphatic heterocycles. The zero-order valence-electron chi connectivity index (χ0n) is 20.5. The fourth-order valence-corrected chi connectivity index (χ4v) is 3.12. The summed E-state index contributed by atoms with van der Waals surface area (Å²) in [4.78, 5) is 53.2. The van der Waals surface area contributed by atoms with Gasteiger partial charge < -0.3 is 49.7 Å². The van der Waals surface area contributed by atoms with Gasteiger partial charge in [0.1, 0.15) is 18.1 Å². The van der Waals surface area contributed by atoms with Crippen LogP contribution in [0.25, 0.3) is 0 Å². The molecule has 0 aliphatic rings. The second-order valence-electron chi connectivity index (χ2n) is 8.32. The molecule has 0 aromatic heterocycles. The molecule has 0 spiro atoms. The highest BCUT2D eigenvalue weighted by atomic mass is 16.4. The summed E-state index contributed by atoms with van der Waals surface area (Å²) in [5.74, 6) is -3.08. The van der Waals surface area contributed by atoms with E-state index in [2.05, 4.69) is 20.9 Å². The van der Waals surface area contributed by atoms with E-state index in [1.807, 2.05) is 0 Å². The highest BCUT2D eigenvalue weighted by Crippen LogP contribution is 2.05. The van der Waals surface area contributed by atoms with E-state index in [0.29, 0.717) is 45.2 Å².